The number of nitrogens with two attached hydrogens (primary N) is 3. The molecule has 2 heterocycles. The molecular formula is C26H51N7O12. The third-order valence-corrected chi connectivity index (χ3v) is 8.53. The molecule has 3 rings (SSSR count). The molecule has 0 aromatic heterocycles. The minimum absolute atomic E-state index is 0.0841. The molecule has 262 valence electrons. The van der Waals surface area contributed by atoms with Gasteiger partial charge in [-0.25, -0.2) is 0 Å². The predicted octanol–water partition coefficient (Wildman–Crippen LogP) is -7.18. The van der Waals surface area contributed by atoms with Crippen LogP contribution in [0.1, 0.15) is 26.2 Å². The summed E-state index contributed by atoms with van der Waals surface area (Å²) in [6.45, 7) is 0.144. The normalized spacial score (nSPS) is 41.1. The Morgan fingerprint density at radius 3 is 2.38 bits per heavy atom. The Labute approximate surface area is 260 Å². The molecule has 15 atom stereocenters. The molecule has 17 N–H and O–H groups in total. The molecule has 0 aromatic rings. The van der Waals surface area contributed by atoms with Crippen LogP contribution in [0.15, 0.2) is 0 Å². The van der Waals surface area contributed by atoms with E-state index in [1.165, 1.54) is 14.0 Å². The highest BCUT2D eigenvalue weighted by Crippen LogP contribution is 2.32. The van der Waals surface area contributed by atoms with Gasteiger partial charge >= 0.3 is 0 Å². The van der Waals surface area contributed by atoms with Crippen molar-refractivity contribution in [3.63, 3.8) is 0 Å². The minimum atomic E-state index is -1.96. The topological polar surface area (TPSA) is 334 Å². The predicted molar refractivity (Wildman–Crippen MR) is 155 cm³/mol. The van der Waals surface area contributed by atoms with Crippen molar-refractivity contribution in [3.8, 4) is 0 Å². The lowest BCUT2D eigenvalue weighted by Gasteiger charge is -2.49. The number of aliphatic hydroxyl groups excluding tert-OH is 6. The van der Waals surface area contributed by atoms with E-state index in [0.717, 1.165) is 0 Å². The highest BCUT2D eigenvalue weighted by molar-refractivity contribution is 5.81. The van der Waals surface area contributed by atoms with Gasteiger partial charge in [0, 0.05) is 12.6 Å². The van der Waals surface area contributed by atoms with Gasteiger partial charge < -0.3 is 87.8 Å². The van der Waals surface area contributed by atoms with Crippen LogP contribution in [-0.2, 0) is 23.7 Å². The van der Waals surface area contributed by atoms with E-state index in [0.29, 0.717) is 12.8 Å². The van der Waals surface area contributed by atoms with E-state index in [1.54, 1.807) is 0 Å². The number of hydrogen-bond acceptors (Lipinski definition) is 17. The van der Waals surface area contributed by atoms with Gasteiger partial charge in [-0.15, -0.1) is 0 Å². The number of aliphatic hydroxyl groups is 7. The lowest BCUT2D eigenvalue weighted by atomic mass is 9.83. The van der Waals surface area contributed by atoms with Gasteiger partial charge in [0.25, 0.3) is 5.91 Å². The van der Waals surface area contributed by atoms with Crippen LogP contribution < -0.4 is 33.2 Å². The lowest BCUT2D eigenvalue weighted by molar-refractivity contribution is -0.307. The standard InChI is InChI=1S/C26H51N7O12/c1-26(41)9-42-25(19(39)22(26)31-2)45-21-13(33-23(40)17(37)16(30)14(36)7-34)5-12(28)20(18(21)38)44-24-11(27)4-3-10(43-24)6-32-15(29)8-35/h10-14,16-22,24-25,31,34-39,41H,3-9,27-28,30H2,1-2H3,(H2,29,32)(H,33,40)/t10-,11?,12-,13+,14-,16-,17-,18?,19?,20?,21?,22+,24+,25+,26?/m0/s1. The highest BCUT2D eigenvalue weighted by Gasteiger charge is 2.52. The van der Waals surface area contributed by atoms with Crippen molar-refractivity contribution >= 4 is 11.7 Å². The van der Waals surface area contributed by atoms with Crippen molar-refractivity contribution in [1.82, 2.24) is 16.0 Å². The van der Waals surface area contributed by atoms with E-state index in [9.17, 15) is 30.3 Å². The summed E-state index contributed by atoms with van der Waals surface area (Å²) in [6, 6.07) is -5.09. The average molecular weight is 654 g/mol. The van der Waals surface area contributed by atoms with E-state index in [-0.39, 0.29) is 25.4 Å². The molecule has 19 nitrogen and oxygen atoms in total. The van der Waals surface area contributed by atoms with Gasteiger partial charge in [-0.1, -0.05) is 0 Å². The van der Waals surface area contributed by atoms with E-state index in [4.69, 9.17) is 51.8 Å². The van der Waals surface area contributed by atoms with Crippen molar-refractivity contribution in [2.45, 2.75) is 117 Å². The molecule has 19 heteroatoms. The number of likely N-dealkylation sites (N-methyl/N-ethyl adjacent to an activating group) is 1. The minimum Gasteiger partial charge on any atom is -0.394 e. The first kappa shape index (κ1) is 37.8. The lowest BCUT2D eigenvalue weighted by Crippen LogP contribution is -2.70. The monoisotopic (exact) mass is 653 g/mol. The van der Waals surface area contributed by atoms with Crippen LogP contribution in [0.4, 0.5) is 0 Å². The number of ether oxygens (including phenoxy) is 4. The van der Waals surface area contributed by atoms with Gasteiger partial charge in [0.2, 0.25) is 0 Å². The second-order valence-corrected chi connectivity index (χ2v) is 12.2. The van der Waals surface area contributed by atoms with Gasteiger partial charge in [0.15, 0.2) is 12.6 Å². The Bertz CT molecular complexity index is 969. The number of hydrogen-bond donors (Lipinski definition) is 14. The molecule has 1 saturated carbocycles. The molecule has 0 bridgehead atoms. The number of amides is 1. The fraction of sp³-hybridized carbons (Fsp3) is 0.923. The van der Waals surface area contributed by atoms with Crippen LogP contribution in [0.3, 0.4) is 0 Å². The molecule has 2 aliphatic heterocycles. The van der Waals surface area contributed by atoms with E-state index in [1.807, 2.05) is 0 Å². The summed E-state index contributed by atoms with van der Waals surface area (Å²) in [5.41, 5.74) is 16.9. The SMILES string of the molecule is CN[C@@H]1C(O)[C@@H](OC2C(O)C(O[C@H]3O[C@H](CNC(=N)CO)CCC3N)[C@@H](N)C[C@H]2NC(=O)[C@@H](O)[C@@H](N)[C@@H](O)CO)OCC1(C)O. The third kappa shape index (κ3) is 9.24. The summed E-state index contributed by atoms with van der Waals surface area (Å²) < 4.78 is 23.7. The molecule has 6 unspecified atom stereocenters. The summed E-state index contributed by atoms with van der Waals surface area (Å²) in [5, 5.41) is 87.3. The van der Waals surface area contributed by atoms with Crippen molar-refractivity contribution in [2.24, 2.45) is 17.2 Å². The Morgan fingerprint density at radius 2 is 1.76 bits per heavy atom. The number of rotatable bonds is 13. The van der Waals surface area contributed by atoms with Crippen LogP contribution in [0, 0.1) is 5.41 Å². The summed E-state index contributed by atoms with van der Waals surface area (Å²) in [5.74, 6) is -1.13. The fourth-order valence-electron chi connectivity index (χ4n) is 5.84. The zero-order chi connectivity index (χ0) is 33.6. The average Bonchev–Trinajstić information content (AvgIpc) is 3.00. The molecule has 3 fully saturated rings. The molecule has 0 radical (unpaired) electrons. The number of amidine groups is 1. The van der Waals surface area contributed by atoms with Crippen molar-refractivity contribution in [1.29, 1.82) is 5.41 Å². The van der Waals surface area contributed by atoms with Crippen LogP contribution in [0.5, 0.6) is 0 Å². The van der Waals surface area contributed by atoms with E-state index >= 15 is 0 Å². The molecule has 0 spiro atoms. The van der Waals surface area contributed by atoms with Crippen molar-refractivity contribution in [2.75, 3.05) is 33.4 Å². The maximum Gasteiger partial charge on any atom is 0.250 e. The fourth-order valence-corrected chi connectivity index (χ4v) is 5.84. The summed E-state index contributed by atoms with van der Waals surface area (Å²) in [6.07, 6.45) is -11.1. The van der Waals surface area contributed by atoms with Crippen LogP contribution in [-0.4, -0.2) is 172 Å². The smallest absolute Gasteiger partial charge is 0.250 e. The van der Waals surface area contributed by atoms with Gasteiger partial charge in [0.1, 0.15) is 48.6 Å². The Morgan fingerprint density at radius 1 is 1.09 bits per heavy atom. The third-order valence-electron chi connectivity index (χ3n) is 8.53. The van der Waals surface area contributed by atoms with Gasteiger partial charge in [-0.3, -0.25) is 10.2 Å². The zero-order valence-corrected chi connectivity index (χ0v) is 25.4. The van der Waals surface area contributed by atoms with Crippen LogP contribution in [0.25, 0.3) is 0 Å². The molecule has 45 heavy (non-hydrogen) atoms. The number of nitrogens with one attached hydrogen (secondary N) is 4. The van der Waals surface area contributed by atoms with Gasteiger partial charge in [0.05, 0.1) is 49.6 Å². The van der Waals surface area contributed by atoms with Gasteiger partial charge in [-0.2, -0.15) is 0 Å². The largest absolute Gasteiger partial charge is 0.394 e. The molecule has 1 aliphatic carbocycles. The first-order chi connectivity index (χ1) is 21.1. The second kappa shape index (κ2) is 16.4. The summed E-state index contributed by atoms with van der Waals surface area (Å²) >= 11 is 0. The highest BCUT2D eigenvalue weighted by atomic mass is 16.7. The van der Waals surface area contributed by atoms with Crippen molar-refractivity contribution < 1.29 is 59.5 Å². The Balaban J connectivity index is 1.81. The van der Waals surface area contributed by atoms with Crippen molar-refractivity contribution in [3.05, 3.63) is 0 Å². The molecule has 1 amide bonds. The Hall–Kier alpha value is -1.66. The Kier molecular flexibility index (Phi) is 13.8. The van der Waals surface area contributed by atoms with E-state index in [2.05, 4.69) is 16.0 Å². The van der Waals surface area contributed by atoms with Crippen LogP contribution in [0.2, 0.25) is 0 Å². The summed E-state index contributed by atoms with van der Waals surface area (Å²) in [7, 11) is 1.53. The number of carbonyl (C=O) groups excluding carboxylic acids is 1. The first-order valence-corrected chi connectivity index (χ1v) is 14.9. The second-order valence-electron chi connectivity index (χ2n) is 12.2. The maximum absolute atomic E-state index is 12.9. The van der Waals surface area contributed by atoms with Gasteiger partial charge in [-0.05, 0) is 33.2 Å². The molecule has 0 aromatic carbocycles. The first-order valence-electron chi connectivity index (χ1n) is 14.9. The summed E-state index contributed by atoms with van der Waals surface area (Å²) in [4.78, 5) is 12.9. The molecule has 2 saturated heterocycles. The number of carbonyl (C=O) groups is 1. The molecule has 3 aliphatic rings. The molecular weight excluding hydrogens is 602 g/mol. The van der Waals surface area contributed by atoms with Crippen LogP contribution >= 0.6 is 0 Å². The quantitative estimate of drug-likeness (QED) is 0.0648. The zero-order valence-electron chi connectivity index (χ0n) is 25.4. The maximum atomic E-state index is 12.9. The van der Waals surface area contributed by atoms with E-state index < -0.39 is 110 Å².